The first kappa shape index (κ1) is 15.1. The standard InChI is InChI=1S/C17H26ClN3/c1-2-19-12-14-11-15(18)6-7-17(14)21-10-4-9-20-8-3-5-16(20)13-21/h6-7,11,16,19H,2-5,8-10,12-13H2,1H3. The highest BCUT2D eigenvalue weighted by atomic mass is 35.5. The van der Waals surface area contributed by atoms with Crippen molar-refractivity contribution in [2.24, 2.45) is 0 Å². The smallest absolute Gasteiger partial charge is 0.0413 e. The molecule has 1 aromatic rings. The summed E-state index contributed by atoms with van der Waals surface area (Å²) in [5, 5.41) is 4.27. The van der Waals surface area contributed by atoms with Crippen LogP contribution in [0.4, 0.5) is 5.69 Å². The largest absolute Gasteiger partial charge is 0.370 e. The summed E-state index contributed by atoms with van der Waals surface area (Å²) in [5.41, 5.74) is 2.70. The molecule has 0 saturated carbocycles. The van der Waals surface area contributed by atoms with Crippen molar-refractivity contribution in [1.82, 2.24) is 10.2 Å². The van der Waals surface area contributed by atoms with Crippen molar-refractivity contribution < 1.29 is 0 Å². The highest BCUT2D eigenvalue weighted by molar-refractivity contribution is 6.30. The molecule has 0 aromatic heterocycles. The summed E-state index contributed by atoms with van der Waals surface area (Å²) in [6, 6.07) is 7.11. The van der Waals surface area contributed by atoms with E-state index in [1.807, 2.05) is 6.07 Å². The van der Waals surface area contributed by atoms with Gasteiger partial charge in [0, 0.05) is 42.9 Å². The summed E-state index contributed by atoms with van der Waals surface area (Å²) >= 11 is 6.20. The van der Waals surface area contributed by atoms with Crippen LogP contribution in [0.25, 0.3) is 0 Å². The van der Waals surface area contributed by atoms with Gasteiger partial charge in [0.25, 0.3) is 0 Å². The Labute approximate surface area is 133 Å². The maximum atomic E-state index is 6.20. The van der Waals surface area contributed by atoms with Gasteiger partial charge in [-0.2, -0.15) is 0 Å². The zero-order valence-electron chi connectivity index (χ0n) is 12.9. The van der Waals surface area contributed by atoms with Gasteiger partial charge in [0.05, 0.1) is 0 Å². The maximum absolute atomic E-state index is 6.20. The van der Waals surface area contributed by atoms with Gasteiger partial charge in [-0.3, -0.25) is 4.90 Å². The molecule has 21 heavy (non-hydrogen) atoms. The molecule has 3 rings (SSSR count). The SMILES string of the molecule is CCNCc1cc(Cl)ccc1N1CCCN2CCCC2C1. The van der Waals surface area contributed by atoms with E-state index in [0.717, 1.165) is 30.7 Å². The van der Waals surface area contributed by atoms with Crippen molar-refractivity contribution in [3.05, 3.63) is 28.8 Å². The van der Waals surface area contributed by atoms with Crippen LogP contribution in [0, 0.1) is 0 Å². The second-order valence-electron chi connectivity index (χ2n) is 6.18. The third kappa shape index (κ3) is 3.53. The zero-order chi connectivity index (χ0) is 14.7. The predicted octanol–water partition coefficient (Wildman–Crippen LogP) is 3.12. The molecule has 0 radical (unpaired) electrons. The fourth-order valence-corrected chi connectivity index (χ4v) is 3.88. The topological polar surface area (TPSA) is 18.5 Å². The summed E-state index contributed by atoms with van der Waals surface area (Å²) < 4.78 is 0. The summed E-state index contributed by atoms with van der Waals surface area (Å²) in [6.45, 7) is 8.92. The number of nitrogens with one attached hydrogen (secondary N) is 1. The monoisotopic (exact) mass is 307 g/mol. The van der Waals surface area contributed by atoms with E-state index in [9.17, 15) is 0 Å². The molecule has 0 amide bonds. The van der Waals surface area contributed by atoms with Crippen molar-refractivity contribution in [2.45, 2.75) is 38.8 Å². The van der Waals surface area contributed by atoms with Crippen LogP contribution in [0.5, 0.6) is 0 Å². The van der Waals surface area contributed by atoms with Crippen molar-refractivity contribution in [3.63, 3.8) is 0 Å². The Morgan fingerprint density at radius 1 is 1.24 bits per heavy atom. The molecule has 2 saturated heterocycles. The number of fused-ring (bicyclic) bond motifs is 1. The lowest BCUT2D eigenvalue weighted by Crippen LogP contribution is -2.37. The van der Waals surface area contributed by atoms with Gasteiger partial charge in [0.1, 0.15) is 0 Å². The summed E-state index contributed by atoms with van der Waals surface area (Å²) in [7, 11) is 0. The van der Waals surface area contributed by atoms with Gasteiger partial charge in [-0.25, -0.2) is 0 Å². The van der Waals surface area contributed by atoms with Crippen molar-refractivity contribution >= 4 is 17.3 Å². The molecule has 1 atom stereocenters. The van der Waals surface area contributed by atoms with Crippen LogP contribution in [0.2, 0.25) is 5.02 Å². The molecule has 1 N–H and O–H groups in total. The van der Waals surface area contributed by atoms with Crippen LogP contribution >= 0.6 is 11.6 Å². The Balaban J connectivity index is 1.81. The molecule has 0 aliphatic carbocycles. The number of hydrogen-bond donors (Lipinski definition) is 1. The first-order valence-electron chi connectivity index (χ1n) is 8.26. The Kier molecular flexibility index (Phi) is 5.04. The number of anilines is 1. The molecule has 2 aliphatic rings. The first-order valence-corrected chi connectivity index (χ1v) is 8.64. The third-order valence-corrected chi connectivity index (χ3v) is 4.99. The van der Waals surface area contributed by atoms with Crippen molar-refractivity contribution in [2.75, 3.05) is 37.6 Å². The minimum atomic E-state index is 0.746. The van der Waals surface area contributed by atoms with Crippen molar-refractivity contribution in [3.8, 4) is 0 Å². The lowest BCUT2D eigenvalue weighted by molar-refractivity contribution is 0.273. The van der Waals surface area contributed by atoms with E-state index in [1.54, 1.807) is 0 Å². The Morgan fingerprint density at radius 2 is 2.10 bits per heavy atom. The van der Waals surface area contributed by atoms with Crippen LogP contribution in [-0.2, 0) is 6.54 Å². The lowest BCUT2D eigenvalue weighted by atomic mass is 10.1. The number of halogens is 1. The molecular weight excluding hydrogens is 282 g/mol. The Bertz CT molecular complexity index is 477. The van der Waals surface area contributed by atoms with Gasteiger partial charge >= 0.3 is 0 Å². The van der Waals surface area contributed by atoms with Gasteiger partial charge in [0.2, 0.25) is 0 Å². The summed E-state index contributed by atoms with van der Waals surface area (Å²) in [6.07, 6.45) is 3.98. The van der Waals surface area contributed by atoms with E-state index in [-0.39, 0.29) is 0 Å². The molecule has 0 spiro atoms. The fraction of sp³-hybridized carbons (Fsp3) is 0.647. The molecule has 2 heterocycles. The van der Waals surface area contributed by atoms with Crippen LogP contribution in [0.1, 0.15) is 31.7 Å². The second-order valence-corrected chi connectivity index (χ2v) is 6.62. The molecule has 4 heteroatoms. The van der Waals surface area contributed by atoms with E-state index in [0.29, 0.717) is 0 Å². The number of benzene rings is 1. The normalized spacial score (nSPS) is 23.1. The van der Waals surface area contributed by atoms with E-state index >= 15 is 0 Å². The minimum Gasteiger partial charge on any atom is -0.370 e. The van der Waals surface area contributed by atoms with Gasteiger partial charge in [0.15, 0.2) is 0 Å². The highest BCUT2D eigenvalue weighted by Crippen LogP contribution is 2.29. The Morgan fingerprint density at radius 3 is 2.95 bits per heavy atom. The lowest BCUT2D eigenvalue weighted by Gasteiger charge is -2.29. The molecule has 116 valence electrons. The molecule has 1 unspecified atom stereocenters. The van der Waals surface area contributed by atoms with Gasteiger partial charge in [-0.15, -0.1) is 0 Å². The van der Waals surface area contributed by atoms with Crippen LogP contribution in [0.15, 0.2) is 18.2 Å². The van der Waals surface area contributed by atoms with Crippen LogP contribution in [0.3, 0.4) is 0 Å². The molecule has 0 bridgehead atoms. The minimum absolute atomic E-state index is 0.746. The van der Waals surface area contributed by atoms with E-state index < -0.39 is 0 Å². The molecule has 2 fully saturated rings. The van der Waals surface area contributed by atoms with E-state index in [1.165, 1.54) is 50.1 Å². The average molecular weight is 308 g/mol. The molecule has 1 aromatic carbocycles. The molecule has 3 nitrogen and oxygen atoms in total. The van der Waals surface area contributed by atoms with Crippen LogP contribution < -0.4 is 10.2 Å². The van der Waals surface area contributed by atoms with Gasteiger partial charge in [-0.05, 0) is 56.1 Å². The van der Waals surface area contributed by atoms with E-state index in [2.05, 4.69) is 34.2 Å². The zero-order valence-corrected chi connectivity index (χ0v) is 13.7. The van der Waals surface area contributed by atoms with Gasteiger partial charge < -0.3 is 10.2 Å². The predicted molar refractivity (Wildman–Crippen MR) is 90.3 cm³/mol. The molecule has 2 aliphatic heterocycles. The first-order chi connectivity index (χ1) is 10.3. The second kappa shape index (κ2) is 6.99. The van der Waals surface area contributed by atoms with Crippen molar-refractivity contribution in [1.29, 1.82) is 0 Å². The van der Waals surface area contributed by atoms with Crippen LogP contribution in [-0.4, -0.2) is 43.7 Å². The quantitative estimate of drug-likeness (QED) is 0.922. The summed E-state index contributed by atoms with van der Waals surface area (Å²) in [4.78, 5) is 5.26. The number of hydrogen-bond acceptors (Lipinski definition) is 3. The van der Waals surface area contributed by atoms with Gasteiger partial charge in [-0.1, -0.05) is 18.5 Å². The number of rotatable bonds is 4. The highest BCUT2D eigenvalue weighted by Gasteiger charge is 2.29. The average Bonchev–Trinajstić information content (AvgIpc) is 2.82. The Hall–Kier alpha value is -0.770. The maximum Gasteiger partial charge on any atom is 0.0413 e. The third-order valence-electron chi connectivity index (χ3n) is 4.75. The fourth-order valence-electron chi connectivity index (χ4n) is 3.69. The number of nitrogens with zero attached hydrogens (tertiary/aromatic N) is 2. The molecular formula is C17H26ClN3. The summed E-state index contributed by atoms with van der Waals surface area (Å²) in [5.74, 6) is 0. The van der Waals surface area contributed by atoms with E-state index in [4.69, 9.17) is 11.6 Å².